The molecule has 0 saturated carbocycles. The summed E-state index contributed by atoms with van der Waals surface area (Å²) in [7, 11) is 1.82. The molecule has 74 valence electrons. The summed E-state index contributed by atoms with van der Waals surface area (Å²) in [5.41, 5.74) is 7.01. The molecule has 1 rings (SSSR count). The van der Waals surface area contributed by atoms with E-state index in [0.717, 1.165) is 11.1 Å². The van der Waals surface area contributed by atoms with E-state index in [9.17, 15) is 4.39 Å². The van der Waals surface area contributed by atoms with Gasteiger partial charge in [-0.1, -0.05) is 11.8 Å². The van der Waals surface area contributed by atoms with Gasteiger partial charge in [0.1, 0.15) is 5.82 Å². The van der Waals surface area contributed by atoms with E-state index in [1.807, 2.05) is 7.05 Å². The van der Waals surface area contributed by atoms with Crippen molar-refractivity contribution in [2.75, 3.05) is 13.6 Å². The van der Waals surface area contributed by atoms with Gasteiger partial charge in [0.05, 0.1) is 6.54 Å². The van der Waals surface area contributed by atoms with Crippen molar-refractivity contribution in [3.05, 3.63) is 35.1 Å². The van der Waals surface area contributed by atoms with Crippen LogP contribution >= 0.6 is 0 Å². The SMILES string of the molecule is CNCC#Cc1ccc(F)cc1CN. The molecule has 0 amide bonds. The maximum Gasteiger partial charge on any atom is 0.123 e. The largest absolute Gasteiger partial charge is 0.326 e. The van der Waals surface area contributed by atoms with Crippen LogP contribution in [0.1, 0.15) is 11.1 Å². The Labute approximate surface area is 83.3 Å². The Hall–Kier alpha value is -1.37. The van der Waals surface area contributed by atoms with Gasteiger partial charge in [0.15, 0.2) is 0 Å². The third-order valence-corrected chi connectivity index (χ3v) is 1.78. The fraction of sp³-hybridized carbons (Fsp3) is 0.273. The zero-order chi connectivity index (χ0) is 10.4. The minimum atomic E-state index is -0.274. The van der Waals surface area contributed by atoms with Crippen molar-refractivity contribution in [1.29, 1.82) is 0 Å². The summed E-state index contributed by atoms with van der Waals surface area (Å²) >= 11 is 0. The normalized spacial score (nSPS) is 9.36. The molecular weight excluding hydrogens is 179 g/mol. The molecular formula is C11H13FN2. The average molecular weight is 192 g/mol. The van der Waals surface area contributed by atoms with Gasteiger partial charge >= 0.3 is 0 Å². The second kappa shape index (κ2) is 5.38. The van der Waals surface area contributed by atoms with Crippen LogP contribution in [0.15, 0.2) is 18.2 Å². The number of nitrogens with two attached hydrogens (primary N) is 1. The number of nitrogens with one attached hydrogen (secondary N) is 1. The Morgan fingerprint density at radius 2 is 2.29 bits per heavy atom. The standard InChI is InChI=1S/C11H13FN2/c1-14-6-2-3-9-4-5-11(12)7-10(9)8-13/h4-5,7,14H,6,8,13H2,1H3. The first kappa shape index (κ1) is 10.7. The van der Waals surface area contributed by atoms with Crippen molar-refractivity contribution >= 4 is 0 Å². The third-order valence-electron chi connectivity index (χ3n) is 1.78. The fourth-order valence-corrected chi connectivity index (χ4v) is 1.08. The Balaban J connectivity index is 2.92. The van der Waals surface area contributed by atoms with Crippen molar-refractivity contribution in [3.8, 4) is 11.8 Å². The second-order valence-corrected chi connectivity index (χ2v) is 2.84. The summed E-state index contributed by atoms with van der Waals surface area (Å²) in [6, 6.07) is 4.46. The van der Waals surface area contributed by atoms with E-state index < -0.39 is 0 Å². The van der Waals surface area contributed by atoms with E-state index in [0.29, 0.717) is 13.1 Å². The van der Waals surface area contributed by atoms with E-state index in [-0.39, 0.29) is 5.82 Å². The van der Waals surface area contributed by atoms with E-state index >= 15 is 0 Å². The van der Waals surface area contributed by atoms with Crippen molar-refractivity contribution in [2.24, 2.45) is 5.73 Å². The molecule has 14 heavy (non-hydrogen) atoms. The lowest BCUT2D eigenvalue weighted by atomic mass is 10.1. The van der Waals surface area contributed by atoms with Gasteiger partial charge in [0.2, 0.25) is 0 Å². The first-order chi connectivity index (χ1) is 6.77. The molecule has 0 bridgehead atoms. The molecule has 0 atom stereocenters. The molecule has 2 nitrogen and oxygen atoms in total. The molecule has 0 aromatic heterocycles. The number of halogens is 1. The van der Waals surface area contributed by atoms with E-state index in [2.05, 4.69) is 17.2 Å². The Kier molecular flexibility index (Phi) is 4.11. The maximum absolute atomic E-state index is 12.8. The summed E-state index contributed by atoms with van der Waals surface area (Å²) in [4.78, 5) is 0. The van der Waals surface area contributed by atoms with Gasteiger partial charge in [-0.25, -0.2) is 4.39 Å². The lowest BCUT2D eigenvalue weighted by Gasteiger charge is -2.00. The lowest BCUT2D eigenvalue weighted by molar-refractivity contribution is 0.625. The van der Waals surface area contributed by atoms with Crippen molar-refractivity contribution in [3.63, 3.8) is 0 Å². The van der Waals surface area contributed by atoms with Gasteiger partial charge in [0, 0.05) is 12.1 Å². The van der Waals surface area contributed by atoms with Gasteiger partial charge in [-0.2, -0.15) is 0 Å². The van der Waals surface area contributed by atoms with E-state index in [1.54, 1.807) is 6.07 Å². The number of hydrogen-bond acceptors (Lipinski definition) is 2. The molecule has 0 aliphatic carbocycles. The van der Waals surface area contributed by atoms with Crippen LogP contribution in [0, 0.1) is 17.7 Å². The summed E-state index contributed by atoms with van der Waals surface area (Å²) in [5.74, 6) is 5.57. The summed E-state index contributed by atoms with van der Waals surface area (Å²) < 4.78 is 12.8. The molecule has 3 N–H and O–H groups in total. The number of rotatable bonds is 2. The van der Waals surface area contributed by atoms with Gasteiger partial charge in [-0.3, -0.25) is 0 Å². The molecule has 0 saturated heterocycles. The Morgan fingerprint density at radius 1 is 1.50 bits per heavy atom. The summed E-state index contributed by atoms with van der Waals surface area (Å²) in [5, 5.41) is 2.91. The molecule has 0 fully saturated rings. The molecule has 1 aromatic rings. The third kappa shape index (κ3) is 2.84. The fourth-order valence-electron chi connectivity index (χ4n) is 1.08. The molecule has 3 heteroatoms. The number of benzene rings is 1. The van der Waals surface area contributed by atoms with E-state index in [1.165, 1.54) is 12.1 Å². The van der Waals surface area contributed by atoms with Crippen molar-refractivity contribution in [2.45, 2.75) is 6.54 Å². The highest BCUT2D eigenvalue weighted by molar-refractivity contribution is 5.41. The molecule has 0 unspecified atom stereocenters. The Bertz CT molecular complexity index is 363. The zero-order valence-electron chi connectivity index (χ0n) is 8.10. The summed E-state index contributed by atoms with van der Waals surface area (Å²) in [6.45, 7) is 0.919. The van der Waals surface area contributed by atoms with Crippen LogP contribution in [0.2, 0.25) is 0 Å². The van der Waals surface area contributed by atoms with Crippen LogP contribution in [0.4, 0.5) is 4.39 Å². The predicted octanol–water partition coefficient (Wildman–Crippen LogP) is 0.855. The highest BCUT2D eigenvalue weighted by Crippen LogP contribution is 2.09. The first-order valence-electron chi connectivity index (χ1n) is 4.40. The van der Waals surface area contributed by atoms with Gasteiger partial charge < -0.3 is 11.1 Å². The molecule has 0 aliphatic rings. The van der Waals surface area contributed by atoms with Gasteiger partial charge in [-0.05, 0) is 30.8 Å². The monoisotopic (exact) mass is 192 g/mol. The minimum Gasteiger partial charge on any atom is -0.326 e. The topological polar surface area (TPSA) is 38.0 Å². The number of hydrogen-bond donors (Lipinski definition) is 2. The molecule has 1 aromatic carbocycles. The maximum atomic E-state index is 12.8. The highest BCUT2D eigenvalue weighted by atomic mass is 19.1. The van der Waals surface area contributed by atoms with Crippen LogP contribution in [0.5, 0.6) is 0 Å². The first-order valence-corrected chi connectivity index (χ1v) is 4.40. The van der Waals surface area contributed by atoms with Crippen LogP contribution in [0.25, 0.3) is 0 Å². The zero-order valence-corrected chi connectivity index (χ0v) is 8.10. The average Bonchev–Trinajstić information content (AvgIpc) is 2.20. The van der Waals surface area contributed by atoms with Gasteiger partial charge in [0.25, 0.3) is 0 Å². The van der Waals surface area contributed by atoms with Crippen LogP contribution < -0.4 is 11.1 Å². The highest BCUT2D eigenvalue weighted by Gasteiger charge is 1.99. The van der Waals surface area contributed by atoms with E-state index in [4.69, 9.17) is 5.73 Å². The smallest absolute Gasteiger partial charge is 0.123 e. The molecule has 0 heterocycles. The van der Waals surface area contributed by atoms with Crippen molar-refractivity contribution < 1.29 is 4.39 Å². The van der Waals surface area contributed by atoms with Gasteiger partial charge in [-0.15, -0.1) is 0 Å². The summed E-state index contributed by atoms with van der Waals surface area (Å²) in [6.07, 6.45) is 0. The van der Waals surface area contributed by atoms with Crippen molar-refractivity contribution in [1.82, 2.24) is 5.32 Å². The molecule has 0 aliphatic heterocycles. The van der Waals surface area contributed by atoms with Crippen LogP contribution in [0.3, 0.4) is 0 Å². The molecule has 0 radical (unpaired) electrons. The predicted molar refractivity (Wildman–Crippen MR) is 55.1 cm³/mol. The molecule has 0 spiro atoms. The lowest BCUT2D eigenvalue weighted by Crippen LogP contribution is -2.05. The quantitative estimate of drug-likeness (QED) is 0.682. The Morgan fingerprint density at radius 3 is 2.93 bits per heavy atom. The minimum absolute atomic E-state index is 0.274. The van der Waals surface area contributed by atoms with Crippen LogP contribution in [-0.2, 0) is 6.54 Å². The van der Waals surface area contributed by atoms with Crippen LogP contribution in [-0.4, -0.2) is 13.6 Å². The second-order valence-electron chi connectivity index (χ2n) is 2.84.